The van der Waals surface area contributed by atoms with E-state index in [1.54, 1.807) is 0 Å². The van der Waals surface area contributed by atoms with Gasteiger partial charge in [0.25, 0.3) is 0 Å². The molecule has 0 bridgehead atoms. The predicted molar refractivity (Wildman–Crippen MR) is 76.8 cm³/mol. The van der Waals surface area contributed by atoms with Gasteiger partial charge >= 0.3 is 0 Å². The fourth-order valence-corrected chi connectivity index (χ4v) is 4.31. The van der Waals surface area contributed by atoms with Gasteiger partial charge in [-0.05, 0) is 50.6 Å². The Kier molecular flexibility index (Phi) is 5.01. The van der Waals surface area contributed by atoms with E-state index < -0.39 is 15.8 Å². The van der Waals surface area contributed by atoms with Crippen molar-refractivity contribution in [1.82, 2.24) is 9.62 Å². The Bertz CT molecular complexity index is 578. The number of nitrogens with zero attached hydrogens (tertiary/aromatic N) is 1. The van der Waals surface area contributed by atoms with Crippen LogP contribution in [0.1, 0.15) is 12.8 Å². The topological polar surface area (TPSA) is 49.4 Å². The molecule has 0 spiro atoms. The first-order valence-corrected chi connectivity index (χ1v) is 8.36. The number of nitrogens with one attached hydrogen (secondary N) is 1. The molecular formula is C13H18ClFN2O2S. The van der Waals surface area contributed by atoms with Crippen molar-refractivity contribution < 1.29 is 12.8 Å². The molecule has 7 heteroatoms. The molecule has 0 unspecified atom stereocenters. The van der Waals surface area contributed by atoms with E-state index in [-0.39, 0.29) is 9.92 Å². The standard InChI is InChI=1S/C13H18ClFN2O2S/c1-16-8-10-3-2-6-17(9-10)20(18,19)11-4-5-13(15)12(14)7-11/h4-5,7,10,16H,2-3,6,8-9H2,1H3/t10-/m1/s1. The molecule has 1 aliphatic heterocycles. The van der Waals surface area contributed by atoms with Crippen LogP contribution >= 0.6 is 11.6 Å². The maximum absolute atomic E-state index is 13.1. The van der Waals surface area contributed by atoms with Crippen molar-refractivity contribution in [3.63, 3.8) is 0 Å². The molecule has 1 aliphatic rings. The van der Waals surface area contributed by atoms with Crippen LogP contribution in [0.4, 0.5) is 4.39 Å². The van der Waals surface area contributed by atoms with E-state index in [1.807, 2.05) is 7.05 Å². The van der Waals surface area contributed by atoms with E-state index in [9.17, 15) is 12.8 Å². The molecule has 0 aromatic heterocycles. The summed E-state index contributed by atoms with van der Waals surface area (Å²) in [6, 6.07) is 3.52. The Balaban J connectivity index is 2.23. The molecule has 0 radical (unpaired) electrons. The number of halogens is 2. The normalized spacial score (nSPS) is 21.1. The molecule has 0 aliphatic carbocycles. The molecule has 1 heterocycles. The van der Waals surface area contributed by atoms with E-state index in [4.69, 9.17) is 11.6 Å². The lowest BCUT2D eigenvalue weighted by atomic mass is 10.00. The Morgan fingerprint density at radius 2 is 2.25 bits per heavy atom. The van der Waals surface area contributed by atoms with Crippen LogP contribution in [-0.4, -0.2) is 39.4 Å². The lowest BCUT2D eigenvalue weighted by Crippen LogP contribution is -2.42. The van der Waals surface area contributed by atoms with Gasteiger partial charge in [-0.15, -0.1) is 0 Å². The van der Waals surface area contributed by atoms with Gasteiger partial charge < -0.3 is 5.32 Å². The monoisotopic (exact) mass is 320 g/mol. The molecule has 1 N–H and O–H groups in total. The first kappa shape index (κ1) is 15.7. The zero-order valence-electron chi connectivity index (χ0n) is 11.3. The second kappa shape index (κ2) is 6.39. The van der Waals surface area contributed by atoms with Crippen molar-refractivity contribution in [2.45, 2.75) is 17.7 Å². The second-order valence-corrected chi connectivity index (χ2v) is 7.35. The molecule has 112 valence electrons. The van der Waals surface area contributed by atoms with Gasteiger partial charge in [-0.25, -0.2) is 12.8 Å². The summed E-state index contributed by atoms with van der Waals surface area (Å²) in [5.41, 5.74) is 0. The summed E-state index contributed by atoms with van der Waals surface area (Å²) in [6.07, 6.45) is 1.84. The van der Waals surface area contributed by atoms with Crippen LogP contribution in [0.3, 0.4) is 0 Å². The number of rotatable bonds is 4. The van der Waals surface area contributed by atoms with Crippen LogP contribution in [0.2, 0.25) is 5.02 Å². The number of hydrogen-bond donors (Lipinski definition) is 1. The molecule has 1 fully saturated rings. The lowest BCUT2D eigenvalue weighted by molar-refractivity contribution is 0.263. The Morgan fingerprint density at radius 1 is 1.50 bits per heavy atom. The minimum Gasteiger partial charge on any atom is -0.319 e. The Hall–Kier alpha value is -0.690. The fraction of sp³-hybridized carbons (Fsp3) is 0.538. The predicted octanol–water partition coefficient (Wildman–Crippen LogP) is 2.10. The van der Waals surface area contributed by atoms with Crippen molar-refractivity contribution in [3.8, 4) is 0 Å². The smallest absolute Gasteiger partial charge is 0.243 e. The molecule has 20 heavy (non-hydrogen) atoms. The highest BCUT2D eigenvalue weighted by molar-refractivity contribution is 7.89. The highest BCUT2D eigenvalue weighted by atomic mass is 35.5. The third-order valence-electron chi connectivity index (χ3n) is 3.50. The van der Waals surface area contributed by atoms with Gasteiger partial charge in [-0.1, -0.05) is 11.6 Å². The van der Waals surface area contributed by atoms with E-state index in [0.29, 0.717) is 19.0 Å². The minimum absolute atomic E-state index is 0.0500. The summed E-state index contributed by atoms with van der Waals surface area (Å²) in [6.45, 7) is 1.77. The number of piperidine rings is 1. The molecule has 1 saturated heterocycles. The largest absolute Gasteiger partial charge is 0.319 e. The van der Waals surface area contributed by atoms with Gasteiger partial charge in [0.2, 0.25) is 10.0 Å². The molecule has 1 aromatic carbocycles. The summed E-state index contributed by atoms with van der Waals surface area (Å²) >= 11 is 5.67. The summed E-state index contributed by atoms with van der Waals surface area (Å²) in [5.74, 6) is -0.309. The average Bonchev–Trinajstić information content (AvgIpc) is 2.42. The number of sulfonamides is 1. The Labute approximate surface area is 124 Å². The van der Waals surface area contributed by atoms with Crippen molar-refractivity contribution >= 4 is 21.6 Å². The van der Waals surface area contributed by atoms with Crippen LogP contribution in [-0.2, 0) is 10.0 Å². The van der Waals surface area contributed by atoms with Crippen molar-refractivity contribution in [2.24, 2.45) is 5.92 Å². The number of benzene rings is 1. The first-order chi connectivity index (χ1) is 9.45. The third-order valence-corrected chi connectivity index (χ3v) is 5.65. The molecule has 0 saturated carbocycles. The maximum Gasteiger partial charge on any atom is 0.243 e. The molecule has 1 aromatic rings. The van der Waals surface area contributed by atoms with Gasteiger partial charge in [0, 0.05) is 13.1 Å². The van der Waals surface area contributed by atoms with Crippen LogP contribution in [0.25, 0.3) is 0 Å². The van der Waals surface area contributed by atoms with Crippen molar-refractivity contribution in [2.75, 3.05) is 26.7 Å². The van der Waals surface area contributed by atoms with Crippen LogP contribution < -0.4 is 5.32 Å². The third kappa shape index (κ3) is 3.31. The highest BCUT2D eigenvalue weighted by Crippen LogP contribution is 2.26. The highest BCUT2D eigenvalue weighted by Gasteiger charge is 2.30. The van der Waals surface area contributed by atoms with Crippen LogP contribution in [0, 0.1) is 11.7 Å². The summed E-state index contributed by atoms with van der Waals surface area (Å²) in [7, 11) is -1.74. The second-order valence-electron chi connectivity index (χ2n) is 5.00. The van der Waals surface area contributed by atoms with Crippen molar-refractivity contribution in [3.05, 3.63) is 29.0 Å². The van der Waals surface area contributed by atoms with Gasteiger partial charge in [-0.3, -0.25) is 0 Å². The Morgan fingerprint density at radius 3 is 2.90 bits per heavy atom. The molecule has 2 rings (SSSR count). The minimum atomic E-state index is -3.60. The zero-order valence-corrected chi connectivity index (χ0v) is 12.8. The zero-order chi connectivity index (χ0) is 14.8. The molecule has 4 nitrogen and oxygen atoms in total. The van der Waals surface area contributed by atoms with Crippen LogP contribution in [0.5, 0.6) is 0 Å². The maximum atomic E-state index is 13.1. The summed E-state index contributed by atoms with van der Waals surface area (Å²) in [5, 5.41) is 2.90. The van der Waals surface area contributed by atoms with E-state index >= 15 is 0 Å². The quantitative estimate of drug-likeness (QED) is 0.924. The summed E-state index contributed by atoms with van der Waals surface area (Å²) < 4.78 is 39.7. The SMILES string of the molecule is CNC[C@H]1CCCN(S(=O)(=O)c2ccc(F)c(Cl)c2)C1. The molecule has 1 atom stereocenters. The van der Waals surface area contributed by atoms with Crippen LogP contribution in [0.15, 0.2) is 23.1 Å². The first-order valence-electron chi connectivity index (χ1n) is 6.55. The van der Waals surface area contributed by atoms with Gasteiger partial charge in [-0.2, -0.15) is 4.31 Å². The van der Waals surface area contributed by atoms with E-state index in [1.165, 1.54) is 16.4 Å². The summed E-state index contributed by atoms with van der Waals surface area (Å²) in [4.78, 5) is 0.0500. The van der Waals surface area contributed by atoms with Crippen molar-refractivity contribution in [1.29, 1.82) is 0 Å². The van der Waals surface area contributed by atoms with E-state index in [0.717, 1.165) is 25.5 Å². The fourth-order valence-electron chi connectivity index (χ4n) is 2.49. The number of hydrogen-bond acceptors (Lipinski definition) is 3. The average molecular weight is 321 g/mol. The molecular weight excluding hydrogens is 303 g/mol. The van der Waals surface area contributed by atoms with Gasteiger partial charge in [0.15, 0.2) is 0 Å². The van der Waals surface area contributed by atoms with E-state index in [2.05, 4.69) is 5.32 Å². The lowest BCUT2D eigenvalue weighted by Gasteiger charge is -2.31. The van der Waals surface area contributed by atoms with Gasteiger partial charge in [0.05, 0.1) is 9.92 Å². The van der Waals surface area contributed by atoms with Gasteiger partial charge in [0.1, 0.15) is 5.82 Å². The molecule has 0 amide bonds.